The van der Waals surface area contributed by atoms with Crippen molar-refractivity contribution in [1.29, 1.82) is 0 Å². The summed E-state index contributed by atoms with van der Waals surface area (Å²) in [6, 6.07) is 16.5. The number of ketones is 1. The molecule has 0 bridgehead atoms. The van der Waals surface area contributed by atoms with E-state index in [0.29, 0.717) is 22.0 Å². The number of sulfonamides is 1. The van der Waals surface area contributed by atoms with Gasteiger partial charge in [-0.1, -0.05) is 35.3 Å². The van der Waals surface area contributed by atoms with Crippen molar-refractivity contribution >= 4 is 56.3 Å². The average molecular weight is 493 g/mol. The first kappa shape index (κ1) is 23.6. The van der Waals surface area contributed by atoms with Gasteiger partial charge in [0, 0.05) is 11.3 Å². The molecule has 0 radical (unpaired) electrons. The summed E-state index contributed by atoms with van der Waals surface area (Å²) in [6.07, 6.45) is 0. The number of carbonyl (C=O) groups is 2. The van der Waals surface area contributed by atoms with E-state index in [-0.39, 0.29) is 28.0 Å². The smallest absolute Gasteiger partial charge is 0.262 e. The number of hydrogen-bond donors (Lipinski definition) is 2. The molecule has 2 N–H and O–H groups in total. The van der Waals surface area contributed by atoms with Crippen molar-refractivity contribution in [2.24, 2.45) is 0 Å². The number of halogens is 2. The molecule has 0 fully saturated rings. The maximum absolute atomic E-state index is 12.5. The second kappa shape index (κ2) is 10.0. The van der Waals surface area contributed by atoms with Gasteiger partial charge in [0.2, 0.25) is 0 Å². The van der Waals surface area contributed by atoms with Gasteiger partial charge in [-0.15, -0.1) is 0 Å². The Hall–Kier alpha value is -3.07. The van der Waals surface area contributed by atoms with Crippen molar-refractivity contribution in [1.82, 2.24) is 0 Å². The highest BCUT2D eigenvalue weighted by molar-refractivity contribution is 7.92. The highest BCUT2D eigenvalue weighted by atomic mass is 35.5. The maximum atomic E-state index is 12.5. The SMILES string of the molecule is CC(=O)c1cccc(NC(=O)COc2ccc(S(=O)(=O)Nc3ccc(Cl)c(Cl)c3)cc2)c1. The van der Waals surface area contributed by atoms with Crippen molar-refractivity contribution in [2.75, 3.05) is 16.6 Å². The van der Waals surface area contributed by atoms with E-state index in [9.17, 15) is 18.0 Å². The molecular weight excluding hydrogens is 475 g/mol. The minimum Gasteiger partial charge on any atom is -0.484 e. The van der Waals surface area contributed by atoms with E-state index < -0.39 is 15.9 Å². The Kier molecular flexibility index (Phi) is 7.40. The van der Waals surface area contributed by atoms with Gasteiger partial charge in [-0.25, -0.2) is 8.42 Å². The lowest BCUT2D eigenvalue weighted by molar-refractivity contribution is -0.118. The van der Waals surface area contributed by atoms with Crippen LogP contribution in [0.1, 0.15) is 17.3 Å². The van der Waals surface area contributed by atoms with Crippen LogP contribution >= 0.6 is 23.2 Å². The second-order valence-corrected chi connectivity index (χ2v) is 9.18. The van der Waals surface area contributed by atoms with Gasteiger partial charge in [0.05, 0.1) is 20.6 Å². The number of nitrogens with one attached hydrogen (secondary N) is 2. The number of benzene rings is 3. The van der Waals surface area contributed by atoms with Gasteiger partial charge in [-0.05, 0) is 61.5 Å². The topological polar surface area (TPSA) is 102 Å². The highest BCUT2D eigenvalue weighted by Gasteiger charge is 2.15. The lowest BCUT2D eigenvalue weighted by Gasteiger charge is -2.11. The number of hydrogen-bond acceptors (Lipinski definition) is 5. The molecule has 0 unspecified atom stereocenters. The van der Waals surface area contributed by atoms with Crippen LogP contribution in [0.4, 0.5) is 11.4 Å². The molecule has 0 saturated carbocycles. The van der Waals surface area contributed by atoms with Crippen LogP contribution in [0.15, 0.2) is 71.6 Å². The number of anilines is 2. The lowest BCUT2D eigenvalue weighted by atomic mass is 10.1. The van der Waals surface area contributed by atoms with Gasteiger partial charge in [0.15, 0.2) is 12.4 Å². The predicted molar refractivity (Wildman–Crippen MR) is 124 cm³/mol. The van der Waals surface area contributed by atoms with Crippen LogP contribution < -0.4 is 14.8 Å². The Labute approximate surface area is 195 Å². The van der Waals surface area contributed by atoms with Gasteiger partial charge in [0.25, 0.3) is 15.9 Å². The lowest BCUT2D eigenvalue weighted by Crippen LogP contribution is -2.20. The monoisotopic (exact) mass is 492 g/mol. The van der Waals surface area contributed by atoms with Gasteiger partial charge in [-0.3, -0.25) is 14.3 Å². The largest absolute Gasteiger partial charge is 0.484 e. The van der Waals surface area contributed by atoms with E-state index in [1.807, 2.05) is 0 Å². The van der Waals surface area contributed by atoms with Crippen LogP contribution in [-0.4, -0.2) is 26.7 Å². The van der Waals surface area contributed by atoms with Crippen LogP contribution in [0.2, 0.25) is 10.0 Å². The van der Waals surface area contributed by atoms with E-state index in [2.05, 4.69) is 10.0 Å². The molecule has 3 rings (SSSR count). The fraction of sp³-hybridized carbons (Fsp3) is 0.0909. The Morgan fingerprint density at radius 3 is 2.28 bits per heavy atom. The highest BCUT2D eigenvalue weighted by Crippen LogP contribution is 2.27. The molecule has 7 nitrogen and oxygen atoms in total. The summed E-state index contributed by atoms with van der Waals surface area (Å²) in [5, 5.41) is 3.17. The zero-order valence-corrected chi connectivity index (χ0v) is 19.1. The summed E-state index contributed by atoms with van der Waals surface area (Å²) in [5.41, 5.74) is 1.22. The summed E-state index contributed by atoms with van der Waals surface area (Å²) >= 11 is 11.7. The molecule has 0 spiro atoms. The van der Waals surface area contributed by atoms with E-state index >= 15 is 0 Å². The number of Topliss-reactive ketones (excluding diaryl/α,β-unsaturated/α-hetero) is 1. The maximum Gasteiger partial charge on any atom is 0.262 e. The fourth-order valence-electron chi connectivity index (χ4n) is 2.65. The van der Waals surface area contributed by atoms with Crippen molar-refractivity contribution in [3.8, 4) is 5.75 Å². The minimum atomic E-state index is -3.86. The first-order valence-electron chi connectivity index (χ1n) is 9.25. The zero-order valence-electron chi connectivity index (χ0n) is 16.8. The van der Waals surface area contributed by atoms with Crippen LogP contribution in [0.5, 0.6) is 5.75 Å². The van der Waals surface area contributed by atoms with Crippen LogP contribution in [-0.2, 0) is 14.8 Å². The normalized spacial score (nSPS) is 11.0. The van der Waals surface area contributed by atoms with Gasteiger partial charge >= 0.3 is 0 Å². The van der Waals surface area contributed by atoms with Crippen molar-refractivity contribution in [2.45, 2.75) is 11.8 Å². The molecule has 0 aliphatic carbocycles. The molecule has 0 aromatic heterocycles. The van der Waals surface area contributed by atoms with Crippen LogP contribution in [0.3, 0.4) is 0 Å². The van der Waals surface area contributed by atoms with Gasteiger partial charge in [-0.2, -0.15) is 0 Å². The number of rotatable bonds is 8. The molecular formula is C22H18Cl2N2O5S. The summed E-state index contributed by atoms with van der Waals surface area (Å²) in [7, 11) is -3.86. The van der Waals surface area contributed by atoms with E-state index in [1.54, 1.807) is 24.3 Å². The molecule has 0 atom stereocenters. The second-order valence-electron chi connectivity index (χ2n) is 6.68. The van der Waals surface area contributed by atoms with E-state index in [4.69, 9.17) is 27.9 Å². The molecule has 32 heavy (non-hydrogen) atoms. The molecule has 0 aliphatic heterocycles. The molecule has 3 aromatic carbocycles. The molecule has 166 valence electrons. The Balaban J connectivity index is 1.59. The van der Waals surface area contributed by atoms with E-state index in [1.165, 1.54) is 49.4 Å². The molecule has 0 saturated heterocycles. The zero-order chi connectivity index (χ0) is 23.3. The third kappa shape index (κ3) is 6.23. The third-order valence-electron chi connectivity index (χ3n) is 4.23. The Morgan fingerprint density at radius 2 is 1.62 bits per heavy atom. The quantitative estimate of drug-likeness (QED) is 0.430. The van der Waals surface area contributed by atoms with Crippen molar-refractivity contribution in [3.63, 3.8) is 0 Å². The third-order valence-corrected chi connectivity index (χ3v) is 6.36. The first-order valence-corrected chi connectivity index (χ1v) is 11.5. The minimum absolute atomic E-state index is 0.00132. The first-order chi connectivity index (χ1) is 15.1. The molecule has 0 heterocycles. The van der Waals surface area contributed by atoms with Gasteiger partial charge in [0.1, 0.15) is 5.75 Å². The number of amides is 1. The van der Waals surface area contributed by atoms with Crippen LogP contribution in [0, 0.1) is 0 Å². The number of ether oxygens (including phenoxy) is 1. The summed E-state index contributed by atoms with van der Waals surface area (Å²) < 4.78 is 32.9. The average Bonchev–Trinajstić information content (AvgIpc) is 2.75. The molecule has 1 amide bonds. The molecule has 0 aliphatic rings. The fourth-order valence-corrected chi connectivity index (χ4v) is 4.00. The van der Waals surface area contributed by atoms with Crippen molar-refractivity contribution < 1.29 is 22.7 Å². The van der Waals surface area contributed by atoms with Gasteiger partial charge < -0.3 is 10.1 Å². The molecule has 3 aromatic rings. The van der Waals surface area contributed by atoms with Crippen LogP contribution in [0.25, 0.3) is 0 Å². The predicted octanol–water partition coefficient (Wildman–Crippen LogP) is 5.01. The summed E-state index contributed by atoms with van der Waals surface area (Å²) in [5.74, 6) is -0.226. The summed E-state index contributed by atoms with van der Waals surface area (Å²) in [4.78, 5) is 23.5. The number of carbonyl (C=O) groups excluding carboxylic acids is 2. The van der Waals surface area contributed by atoms with Crippen molar-refractivity contribution in [3.05, 3.63) is 82.3 Å². The molecule has 10 heteroatoms. The van der Waals surface area contributed by atoms with E-state index in [0.717, 1.165) is 0 Å². The standard InChI is InChI=1S/C22H18Cl2N2O5S/c1-14(27)15-3-2-4-16(11-15)25-22(28)13-31-18-6-8-19(9-7-18)32(29,30)26-17-5-10-20(23)21(24)12-17/h2-12,26H,13H2,1H3,(H,25,28). The Morgan fingerprint density at radius 1 is 0.906 bits per heavy atom. The Bertz CT molecular complexity index is 1260. The summed E-state index contributed by atoms with van der Waals surface area (Å²) in [6.45, 7) is 1.14.